The van der Waals surface area contributed by atoms with E-state index in [-0.39, 0.29) is 36.8 Å². The third-order valence-electron chi connectivity index (χ3n) is 5.98. The van der Waals surface area contributed by atoms with Crippen molar-refractivity contribution in [3.63, 3.8) is 0 Å². The first-order chi connectivity index (χ1) is 17.8. The SMILES string of the molecule is CC(C)CC(NC(=O)C(CC(C)C)NC(=O)C(Cc1ccc(O)cc1)NC(=O)C(N)CCCCN)C(=O)O. The number of aliphatic carboxylic acids is 1. The highest BCUT2D eigenvalue weighted by Gasteiger charge is 2.31. The molecule has 0 spiro atoms. The fourth-order valence-corrected chi connectivity index (χ4v) is 3.94. The Labute approximate surface area is 225 Å². The Hall–Kier alpha value is -3.18. The minimum absolute atomic E-state index is 0.0144. The molecule has 11 nitrogen and oxygen atoms in total. The van der Waals surface area contributed by atoms with Crippen LogP contribution in [0.25, 0.3) is 0 Å². The Morgan fingerprint density at radius 1 is 0.789 bits per heavy atom. The van der Waals surface area contributed by atoms with E-state index in [1.54, 1.807) is 12.1 Å². The normalized spacial score (nSPS) is 14.4. The number of phenolic OH excluding ortho intramolecular Hbond substituents is 1. The van der Waals surface area contributed by atoms with Gasteiger partial charge in [-0.2, -0.15) is 0 Å². The lowest BCUT2D eigenvalue weighted by atomic mass is 9.99. The molecule has 1 rings (SSSR count). The number of benzene rings is 1. The highest BCUT2D eigenvalue weighted by atomic mass is 16.4. The lowest BCUT2D eigenvalue weighted by molar-refractivity contribution is -0.143. The number of aromatic hydroxyl groups is 1. The summed E-state index contributed by atoms with van der Waals surface area (Å²) in [4.78, 5) is 50.9. The third kappa shape index (κ3) is 12.4. The largest absolute Gasteiger partial charge is 0.508 e. The first-order valence-corrected chi connectivity index (χ1v) is 13.2. The minimum Gasteiger partial charge on any atom is -0.508 e. The average molecular weight is 536 g/mol. The summed E-state index contributed by atoms with van der Waals surface area (Å²) in [7, 11) is 0. The number of amides is 3. The van der Waals surface area contributed by atoms with Crippen molar-refractivity contribution >= 4 is 23.7 Å². The van der Waals surface area contributed by atoms with Gasteiger partial charge in [-0.3, -0.25) is 14.4 Å². The van der Waals surface area contributed by atoms with Gasteiger partial charge in [-0.05, 0) is 61.8 Å². The smallest absolute Gasteiger partial charge is 0.326 e. The number of carboxylic acid groups (broad SMARTS) is 1. The number of carbonyl (C=O) groups is 4. The standard InChI is InChI=1S/C27H45N5O6/c1-16(2)13-21(25(35)32-23(27(37)38)14-17(3)4)31-26(36)22(15-18-8-10-19(33)11-9-18)30-24(34)20(29)7-5-6-12-28/h8-11,16-17,20-23,33H,5-7,12-15,28-29H2,1-4H3,(H,30,34)(H,31,36)(H,32,35)(H,37,38). The monoisotopic (exact) mass is 535 g/mol. The van der Waals surface area contributed by atoms with Crippen molar-refractivity contribution in [2.75, 3.05) is 6.54 Å². The predicted octanol–water partition coefficient (Wildman–Crippen LogP) is 1.02. The summed E-state index contributed by atoms with van der Waals surface area (Å²) in [6, 6.07) is 2.22. The summed E-state index contributed by atoms with van der Waals surface area (Å²) >= 11 is 0. The lowest BCUT2D eigenvalue weighted by Gasteiger charge is -2.26. The van der Waals surface area contributed by atoms with E-state index in [2.05, 4.69) is 16.0 Å². The molecule has 9 N–H and O–H groups in total. The molecule has 0 aromatic heterocycles. The van der Waals surface area contributed by atoms with Crippen LogP contribution in [0.4, 0.5) is 0 Å². The zero-order valence-corrected chi connectivity index (χ0v) is 22.9. The van der Waals surface area contributed by atoms with Gasteiger partial charge in [0, 0.05) is 6.42 Å². The predicted molar refractivity (Wildman–Crippen MR) is 145 cm³/mol. The zero-order chi connectivity index (χ0) is 28.8. The number of hydrogen-bond acceptors (Lipinski definition) is 7. The molecule has 0 aliphatic heterocycles. The Kier molecular flexibility index (Phi) is 14.4. The molecule has 0 radical (unpaired) electrons. The fraction of sp³-hybridized carbons (Fsp3) is 0.630. The number of carboxylic acids is 1. The van der Waals surface area contributed by atoms with E-state index in [4.69, 9.17) is 11.5 Å². The van der Waals surface area contributed by atoms with Crippen molar-refractivity contribution in [2.24, 2.45) is 23.3 Å². The van der Waals surface area contributed by atoms with E-state index in [1.807, 2.05) is 27.7 Å². The molecule has 0 fully saturated rings. The second-order valence-corrected chi connectivity index (χ2v) is 10.5. The van der Waals surface area contributed by atoms with Crippen LogP contribution in [-0.4, -0.2) is 64.6 Å². The number of rotatable bonds is 17. The fourth-order valence-electron chi connectivity index (χ4n) is 3.94. The second-order valence-electron chi connectivity index (χ2n) is 10.5. The van der Waals surface area contributed by atoms with Crippen molar-refractivity contribution < 1.29 is 29.4 Å². The summed E-state index contributed by atoms with van der Waals surface area (Å²) in [5, 5.41) is 27.1. The lowest BCUT2D eigenvalue weighted by Crippen LogP contribution is -2.58. The van der Waals surface area contributed by atoms with E-state index in [0.29, 0.717) is 24.9 Å². The van der Waals surface area contributed by atoms with Crippen LogP contribution in [0.15, 0.2) is 24.3 Å². The van der Waals surface area contributed by atoms with E-state index >= 15 is 0 Å². The summed E-state index contributed by atoms with van der Waals surface area (Å²) in [6.07, 6.45) is 2.39. The van der Waals surface area contributed by atoms with Crippen LogP contribution < -0.4 is 27.4 Å². The molecule has 1 aromatic carbocycles. The van der Waals surface area contributed by atoms with Gasteiger partial charge in [-0.15, -0.1) is 0 Å². The topological polar surface area (TPSA) is 197 Å². The summed E-state index contributed by atoms with van der Waals surface area (Å²) in [6.45, 7) is 7.95. The molecule has 38 heavy (non-hydrogen) atoms. The molecule has 3 amide bonds. The summed E-state index contributed by atoms with van der Waals surface area (Å²) in [5.41, 5.74) is 12.2. The maximum absolute atomic E-state index is 13.4. The summed E-state index contributed by atoms with van der Waals surface area (Å²) in [5.74, 6) is -2.75. The van der Waals surface area contributed by atoms with Crippen LogP contribution in [0.2, 0.25) is 0 Å². The Bertz CT molecular complexity index is 906. The van der Waals surface area contributed by atoms with Gasteiger partial charge in [-0.25, -0.2) is 4.79 Å². The van der Waals surface area contributed by atoms with Crippen molar-refractivity contribution in [1.29, 1.82) is 0 Å². The number of phenols is 1. The van der Waals surface area contributed by atoms with E-state index in [1.165, 1.54) is 12.1 Å². The van der Waals surface area contributed by atoms with Crippen molar-refractivity contribution in [1.82, 2.24) is 16.0 Å². The Balaban J connectivity index is 3.10. The Morgan fingerprint density at radius 3 is 1.82 bits per heavy atom. The van der Waals surface area contributed by atoms with Crippen molar-refractivity contribution in [3.05, 3.63) is 29.8 Å². The first-order valence-electron chi connectivity index (χ1n) is 13.2. The molecule has 0 saturated carbocycles. The molecule has 0 saturated heterocycles. The molecular formula is C27H45N5O6. The quantitative estimate of drug-likeness (QED) is 0.143. The maximum Gasteiger partial charge on any atom is 0.326 e. The summed E-state index contributed by atoms with van der Waals surface area (Å²) < 4.78 is 0. The maximum atomic E-state index is 13.4. The van der Waals surface area contributed by atoms with E-state index < -0.39 is 47.9 Å². The molecule has 0 aliphatic rings. The van der Waals surface area contributed by atoms with Gasteiger partial charge < -0.3 is 37.6 Å². The van der Waals surface area contributed by atoms with Gasteiger partial charge >= 0.3 is 5.97 Å². The molecule has 0 aliphatic carbocycles. The first kappa shape index (κ1) is 32.8. The van der Waals surface area contributed by atoms with Gasteiger partial charge in [0.15, 0.2) is 0 Å². The van der Waals surface area contributed by atoms with Crippen molar-refractivity contribution in [2.45, 2.75) is 90.4 Å². The van der Waals surface area contributed by atoms with Gasteiger partial charge in [0.1, 0.15) is 23.9 Å². The molecule has 0 bridgehead atoms. The average Bonchev–Trinajstić information content (AvgIpc) is 2.83. The highest BCUT2D eigenvalue weighted by molar-refractivity contribution is 5.94. The number of nitrogens with one attached hydrogen (secondary N) is 3. The van der Waals surface area contributed by atoms with Crippen LogP contribution in [0.1, 0.15) is 65.4 Å². The van der Waals surface area contributed by atoms with Gasteiger partial charge in [0.05, 0.1) is 6.04 Å². The molecule has 214 valence electrons. The van der Waals surface area contributed by atoms with Crippen LogP contribution in [0, 0.1) is 11.8 Å². The van der Waals surface area contributed by atoms with Gasteiger partial charge in [0.25, 0.3) is 0 Å². The molecule has 1 aromatic rings. The minimum atomic E-state index is -1.15. The number of carbonyl (C=O) groups excluding carboxylic acids is 3. The number of hydrogen-bond donors (Lipinski definition) is 7. The van der Waals surface area contributed by atoms with E-state index in [9.17, 15) is 29.4 Å². The van der Waals surface area contributed by atoms with Crippen molar-refractivity contribution in [3.8, 4) is 5.75 Å². The van der Waals surface area contributed by atoms with E-state index in [0.717, 1.165) is 6.42 Å². The third-order valence-corrected chi connectivity index (χ3v) is 5.98. The van der Waals surface area contributed by atoms with Crippen LogP contribution in [0.3, 0.4) is 0 Å². The molecule has 4 unspecified atom stereocenters. The Morgan fingerprint density at radius 2 is 1.29 bits per heavy atom. The van der Waals surface area contributed by atoms with Gasteiger partial charge in [-0.1, -0.05) is 46.2 Å². The molecule has 0 heterocycles. The van der Waals surface area contributed by atoms with Crippen LogP contribution in [-0.2, 0) is 25.6 Å². The molecule has 4 atom stereocenters. The van der Waals surface area contributed by atoms with Crippen LogP contribution >= 0.6 is 0 Å². The van der Waals surface area contributed by atoms with Gasteiger partial charge in [0.2, 0.25) is 17.7 Å². The molecular weight excluding hydrogens is 490 g/mol. The molecule has 11 heteroatoms. The highest BCUT2D eigenvalue weighted by Crippen LogP contribution is 2.13. The second kappa shape index (κ2) is 16.6. The number of nitrogens with two attached hydrogens (primary N) is 2. The zero-order valence-electron chi connectivity index (χ0n) is 22.9. The van der Waals surface area contributed by atoms with Crippen LogP contribution in [0.5, 0.6) is 5.75 Å². The number of unbranched alkanes of at least 4 members (excludes halogenated alkanes) is 1.